The highest BCUT2D eigenvalue weighted by Crippen LogP contribution is 2.48. The molecule has 96 heavy (non-hydrogen) atoms. The molecule has 0 bridgehead atoms. The van der Waals surface area contributed by atoms with E-state index >= 15 is 0 Å². The number of rotatable bonds is 11. The van der Waals surface area contributed by atoms with Crippen LogP contribution in [0.2, 0.25) is 0 Å². The van der Waals surface area contributed by atoms with Crippen molar-refractivity contribution in [2.24, 2.45) is 0 Å². The van der Waals surface area contributed by atoms with Gasteiger partial charge in [0.1, 0.15) is 0 Å². The molecule has 0 amide bonds. The predicted molar refractivity (Wildman–Crippen MR) is 399 cm³/mol. The van der Waals surface area contributed by atoms with E-state index < -0.39 is 0 Å². The number of hydrogen-bond donors (Lipinski definition) is 0. The Morgan fingerprint density at radius 3 is 1.15 bits per heavy atom. The SMILES string of the molecule is N#Cc1cc(-n2c3ccccc3c3cc(-c4cc5c6c(c4)N(c4ccc(-c7ccccc7)cc4)c4ccc(-c7ccccc7)cc4B6c4cc(-c6ccccc6)ccc4N5c4ccc(-c5ccccc5)cc4)ccc32)ccc1-c1nc(-c2ccccc2)cc(-c2ccccc2)n1. The fourth-order valence-corrected chi connectivity index (χ4v) is 14.7. The summed E-state index contributed by atoms with van der Waals surface area (Å²) in [7, 11) is 0. The number of para-hydroxylation sites is 1. The van der Waals surface area contributed by atoms with E-state index in [1.807, 2.05) is 54.6 Å². The molecule has 0 radical (unpaired) electrons. The Morgan fingerprint density at radius 1 is 0.281 bits per heavy atom. The van der Waals surface area contributed by atoms with E-state index in [0.717, 1.165) is 106 Å². The molecule has 18 rings (SSSR count). The van der Waals surface area contributed by atoms with Gasteiger partial charge in [0.2, 0.25) is 0 Å². The van der Waals surface area contributed by atoms with Crippen molar-refractivity contribution in [3.05, 3.63) is 351 Å². The Kier molecular flexibility index (Phi) is 13.6. The second kappa shape index (κ2) is 23.3. The molecule has 6 nitrogen and oxygen atoms in total. The minimum atomic E-state index is -0.156. The molecular weight excluding hydrogens is 1160 g/mol. The highest BCUT2D eigenvalue weighted by atomic mass is 15.2. The van der Waals surface area contributed by atoms with Gasteiger partial charge in [-0.15, -0.1) is 0 Å². The van der Waals surface area contributed by atoms with Crippen LogP contribution < -0.4 is 26.2 Å². The van der Waals surface area contributed by atoms with Gasteiger partial charge in [0.25, 0.3) is 6.71 Å². The number of nitrogens with zero attached hydrogens (tertiary/aromatic N) is 6. The number of nitriles is 1. The van der Waals surface area contributed by atoms with Crippen molar-refractivity contribution in [1.29, 1.82) is 5.26 Å². The van der Waals surface area contributed by atoms with E-state index in [0.29, 0.717) is 17.0 Å². The lowest BCUT2D eigenvalue weighted by Gasteiger charge is -2.44. The highest BCUT2D eigenvalue weighted by molar-refractivity contribution is 7.00. The van der Waals surface area contributed by atoms with Gasteiger partial charge in [-0.1, -0.05) is 255 Å². The van der Waals surface area contributed by atoms with Crippen LogP contribution in [0.4, 0.5) is 34.1 Å². The van der Waals surface area contributed by atoms with Crippen molar-refractivity contribution in [3.63, 3.8) is 0 Å². The lowest BCUT2D eigenvalue weighted by Crippen LogP contribution is -2.61. The van der Waals surface area contributed by atoms with Crippen LogP contribution in [0.3, 0.4) is 0 Å². The smallest absolute Gasteiger partial charge is 0.252 e. The van der Waals surface area contributed by atoms with E-state index in [1.165, 1.54) is 49.8 Å². The molecule has 16 aromatic rings. The van der Waals surface area contributed by atoms with Crippen molar-refractivity contribution < 1.29 is 0 Å². The zero-order valence-electron chi connectivity index (χ0n) is 52.2. The van der Waals surface area contributed by atoms with Gasteiger partial charge in [0, 0.05) is 67.3 Å². The highest BCUT2D eigenvalue weighted by Gasteiger charge is 2.44. The van der Waals surface area contributed by atoms with Crippen molar-refractivity contribution in [1.82, 2.24) is 14.5 Å². The minimum Gasteiger partial charge on any atom is -0.311 e. The Morgan fingerprint density at radius 2 is 0.667 bits per heavy atom. The summed E-state index contributed by atoms with van der Waals surface area (Å²) in [5.74, 6) is 0.493. The topological polar surface area (TPSA) is 61.0 Å². The van der Waals surface area contributed by atoms with E-state index in [4.69, 9.17) is 9.97 Å². The maximum atomic E-state index is 11.1. The van der Waals surface area contributed by atoms with Crippen LogP contribution >= 0.6 is 0 Å². The molecule has 0 saturated heterocycles. The van der Waals surface area contributed by atoms with Gasteiger partial charge in [-0.05, 0) is 163 Å². The molecule has 0 unspecified atom stereocenters. The summed E-state index contributed by atoms with van der Waals surface area (Å²) in [6.07, 6.45) is 0. The van der Waals surface area contributed by atoms with Gasteiger partial charge >= 0.3 is 0 Å². The summed E-state index contributed by atoms with van der Waals surface area (Å²) >= 11 is 0. The van der Waals surface area contributed by atoms with Gasteiger partial charge in [0.15, 0.2) is 5.82 Å². The Labute approximate surface area is 557 Å². The summed E-state index contributed by atoms with van der Waals surface area (Å²) in [6.45, 7) is -0.156. The minimum absolute atomic E-state index is 0.156. The quantitative estimate of drug-likeness (QED) is 0.121. The number of benzene rings is 14. The second-order valence-electron chi connectivity index (χ2n) is 24.8. The average molecular weight is 1220 g/mol. The first-order chi connectivity index (χ1) is 47.5. The monoisotopic (exact) mass is 1220 g/mol. The lowest BCUT2D eigenvalue weighted by molar-refractivity contribution is 1.16. The zero-order valence-corrected chi connectivity index (χ0v) is 52.2. The molecule has 14 aromatic carbocycles. The molecular formula is C89H57BN6. The van der Waals surface area contributed by atoms with E-state index in [2.05, 4.69) is 312 Å². The Bertz CT molecular complexity index is 5440. The molecule has 0 atom stereocenters. The summed E-state index contributed by atoms with van der Waals surface area (Å²) in [5.41, 5.74) is 29.4. The van der Waals surface area contributed by atoms with Crippen LogP contribution in [-0.4, -0.2) is 21.2 Å². The van der Waals surface area contributed by atoms with Crippen molar-refractivity contribution in [3.8, 4) is 101 Å². The Balaban J connectivity index is 0.849. The number of hydrogen-bond acceptors (Lipinski definition) is 5. The summed E-state index contributed by atoms with van der Waals surface area (Å²) in [4.78, 5) is 15.3. The third-order valence-corrected chi connectivity index (χ3v) is 19.2. The van der Waals surface area contributed by atoms with Crippen LogP contribution in [0, 0.1) is 11.3 Å². The first kappa shape index (κ1) is 55.9. The molecule has 0 saturated carbocycles. The average Bonchev–Trinajstić information content (AvgIpc) is 0.790. The number of fused-ring (bicyclic) bond motifs is 7. The molecule has 0 spiro atoms. The number of aromatic nitrogens is 3. The van der Waals surface area contributed by atoms with Crippen molar-refractivity contribution in [2.45, 2.75) is 0 Å². The maximum Gasteiger partial charge on any atom is 0.252 e. The summed E-state index contributed by atoms with van der Waals surface area (Å²) in [6, 6.07) is 127. The first-order valence-electron chi connectivity index (χ1n) is 32.6. The molecule has 2 aromatic heterocycles. The fraction of sp³-hybridized carbons (Fsp3) is 0. The summed E-state index contributed by atoms with van der Waals surface area (Å²) in [5, 5.41) is 13.3. The lowest BCUT2D eigenvalue weighted by atomic mass is 9.33. The first-order valence-corrected chi connectivity index (χ1v) is 32.6. The van der Waals surface area contributed by atoms with E-state index in [-0.39, 0.29) is 6.71 Å². The zero-order chi connectivity index (χ0) is 63.6. The largest absolute Gasteiger partial charge is 0.311 e. The van der Waals surface area contributed by atoms with Crippen LogP contribution in [0.5, 0.6) is 0 Å². The number of anilines is 6. The molecule has 2 aliphatic rings. The second-order valence-corrected chi connectivity index (χ2v) is 24.8. The van der Waals surface area contributed by atoms with Crippen LogP contribution in [-0.2, 0) is 0 Å². The molecule has 2 aliphatic heterocycles. The van der Waals surface area contributed by atoms with Crippen LogP contribution in [0.25, 0.3) is 117 Å². The Hall–Kier alpha value is -12.9. The third-order valence-electron chi connectivity index (χ3n) is 19.2. The standard InChI is InChI=1S/C89H57BN6/c91-58-71-51-74(46-47-75(71)89-92-80(65-29-15-5-16-30-65)57-81(93-89)66-31-17-6-18-32-66)96-82-34-20-19-33-76(82)77-52-67(39-48-83(77)96)70-55-86-88-87(56-70)95(73-44-37-64(38-45-73)60-23-9-2-10-24-60)85-50-41-69(62-27-13-4-14-28-62)54-79(85)90(88)78-53-68(61-25-11-3-12-26-61)40-49-84(78)94(86)72-42-35-63(36-43-72)59-21-7-1-8-22-59/h1-57H. The van der Waals surface area contributed by atoms with Crippen LogP contribution in [0.15, 0.2) is 346 Å². The molecule has 7 heteroatoms. The van der Waals surface area contributed by atoms with E-state index in [1.54, 1.807) is 0 Å². The molecule has 0 aliphatic carbocycles. The predicted octanol–water partition coefficient (Wildman–Crippen LogP) is 20.9. The fourth-order valence-electron chi connectivity index (χ4n) is 14.7. The molecule has 4 heterocycles. The normalized spacial score (nSPS) is 12.1. The molecule has 0 N–H and O–H groups in total. The van der Waals surface area contributed by atoms with Crippen molar-refractivity contribution >= 4 is 79.0 Å². The van der Waals surface area contributed by atoms with Gasteiger partial charge in [-0.3, -0.25) is 0 Å². The molecule has 0 fully saturated rings. The summed E-state index contributed by atoms with van der Waals surface area (Å²) < 4.78 is 2.29. The van der Waals surface area contributed by atoms with Crippen LogP contribution in [0.1, 0.15) is 5.56 Å². The van der Waals surface area contributed by atoms with E-state index in [9.17, 15) is 5.26 Å². The van der Waals surface area contributed by atoms with Gasteiger partial charge < -0.3 is 14.4 Å². The van der Waals surface area contributed by atoms with Crippen molar-refractivity contribution in [2.75, 3.05) is 9.80 Å². The van der Waals surface area contributed by atoms with Gasteiger partial charge in [-0.2, -0.15) is 5.26 Å². The molecule has 446 valence electrons. The van der Waals surface area contributed by atoms with Gasteiger partial charge in [0.05, 0.1) is 34.1 Å². The van der Waals surface area contributed by atoms with Gasteiger partial charge in [-0.25, -0.2) is 9.97 Å². The maximum absolute atomic E-state index is 11.1. The third kappa shape index (κ3) is 9.66.